The maximum atomic E-state index is 13.2. The Balaban J connectivity index is 1.25. The van der Waals surface area contributed by atoms with Crippen molar-refractivity contribution in [1.82, 2.24) is 4.90 Å². The minimum absolute atomic E-state index is 0.138. The zero-order chi connectivity index (χ0) is 27.9. The van der Waals surface area contributed by atoms with Gasteiger partial charge in [-0.25, -0.2) is 4.79 Å². The summed E-state index contributed by atoms with van der Waals surface area (Å²) in [7, 11) is 2.01. The van der Waals surface area contributed by atoms with Crippen LogP contribution in [-0.4, -0.2) is 49.6 Å². The van der Waals surface area contributed by atoms with Gasteiger partial charge in [0.25, 0.3) is 5.91 Å². The number of ether oxygens (including phenoxy) is 1. The SMILES string of the molecule is CCOC(=O)C(c1ccccc1)N(C)C1CCN(c2ccc(NC(=O)c3ccccc3-c3ccccc3)cc2)C1. The van der Waals surface area contributed by atoms with Crippen LogP contribution in [0.25, 0.3) is 11.1 Å². The summed E-state index contributed by atoms with van der Waals surface area (Å²) in [5, 5.41) is 3.05. The summed E-state index contributed by atoms with van der Waals surface area (Å²) in [6, 6.07) is 35.2. The maximum Gasteiger partial charge on any atom is 0.327 e. The van der Waals surface area contributed by atoms with Gasteiger partial charge in [0.2, 0.25) is 0 Å². The summed E-state index contributed by atoms with van der Waals surface area (Å²) >= 11 is 0. The van der Waals surface area contributed by atoms with Crippen LogP contribution in [-0.2, 0) is 9.53 Å². The molecule has 0 spiro atoms. The van der Waals surface area contributed by atoms with E-state index in [2.05, 4.69) is 15.1 Å². The van der Waals surface area contributed by atoms with Gasteiger partial charge < -0.3 is 15.0 Å². The van der Waals surface area contributed by atoms with Crippen LogP contribution < -0.4 is 10.2 Å². The van der Waals surface area contributed by atoms with Crippen LogP contribution in [0.4, 0.5) is 11.4 Å². The Hall–Kier alpha value is -4.42. The summed E-state index contributed by atoms with van der Waals surface area (Å²) in [6.07, 6.45) is 0.938. The van der Waals surface area contributed by atoms with Crippen LogP contribution in [0.3, 0.4) is 0 Å². The number of nitrogens with zero attached hydrogens (tertiary/aromatic N) is 2. The summed E-state index contributed by atoms with van der Waals surface area (Å²) in [5.74, 6) is -0.357. The van der Waals surface area contributed by atoms with E-state index >= 15 is 0 Å². The zero-order valence-corrected chi connectivity index (χ0v) is 23.0. The minimum atomic E-state index is -0.442. The first kappa shape index (κ1) is 27.2. The van der Waals surface area contributed by atoms with Crippen LogP contribution in [0.5, 0.6) is 0 Å². The van der Waals surface area contributed by atoms with Crippen molar-refractivity contribution in [2.75, 3.05) is 37.0 Å². The number of amides is 1. The normalized spacial score (nSPS) is 15.6. The van der Waals surface area contributed by atoms with E-state index in [1.165, 1.54) is 0 Å². The van der Waals surface area contributed by atoms with E-state index in [0.717, 1.165) is 47.6 Å². The molecule has 0 aromatic heterocycles. The third kappa shape index (κ3) is 6.08. The molecule has 2 atom stereocenters. The van der Waals surface area contributed by atoms with E-state index in [-0.39, 0.29) is 17.9 Å². The van der Waals surface area contributed by atoms with Crippen LogP contribution in [0.2, 0.25) is 0 Å². The van der Waals surface area contributed by atoms with Gasteiger partial charge in [-0.2, -0.15) is 0 Å². The zero-order valence-electron chi connectivity index (χ0n) is 23.0. The lowest BCUT2D eigenvalue weighted by Gasteiger charge is -2.32. The summed E-state index contributed by atoms with van der Waals surface area (Å²) in [6.45, 7) is 3.88. The lowest BCUT2D eigenvalue weighted by molar-refractivity contribution is -0.150. The van der Waals surface area contributed by atoms with Gasteiger partial charge in [-0.1, -0.05) is 78.9 Å². The van der Waals surface area contributed by atoms with E-state index < -0.39 is 6.04 Å². The largest absolute Gasteiger partial charge is 0.465 e. The third-order valence-corrected chi connectivity index (χ3v) is 7.52. The second kappa shape index (κ2) is 12.6. The molecule has 1 aliphatic rings. The topological polar surface area (TPSA) is 61.9 Å². The molecule has 1 aliphatic heterocycles. The molecule has 6 heteroatoms. The Morgan fingerprint density at radius 3 is 2.25 bits per heavy atom. The Morgan fingerprint density at radius 1 is 0.900 bits per heavy atom. The molecule has 6 nitrogen and oxygen atoms in total. The second-order valence-electron chi connectivity index (χ2n) is 10.0. The quantitative estimate of drug-likeness (QED) is 0.252. The van der Waals surface area contributed by atoms with Crippen molar-refractivity contribution in [1.29, 1.82) is 0 Å². The van der Waals surface area contributed by atoms with Crippen molar-refractivity contribution in [3.8, 4) is 11.1 Å². The molecule has 204 valence electrons. The van der Waals surface area contributed by atoms with Crippen molar-refractivity contribution in [3.05, 3.63) is 120 Å². The van der Waals surface area contributed by atoms with Crippen molar-refractivity contribution >= 4 is 23.3 Å². The van der Waals surface area contributed by atoms with Gasteiger partial charge in [0.15, 0.2) is 0 Å². The van der Waals surface area contributed by atoms with Gasteiger partial charge in [-0.05, 0) is 67.4 Å². The highest BCUT2D eigenvalue weighted by molar-refractivity contribution is 6.08. The Bertz CT molecular complexity index is 1420. The van der Waals surface area contributed by atoms with Crippen LogP contribution in [0.1, 0.15) is 35.3 Å². The van der Waals surface area contributed by atoms with Gasteiger partial charge >= 0.3 is 5.97 Å². The molecular weight excluding hydrogens is 498 g/mol. The highest BCUT2D eigenvalue weighted by Gasteiger charge is 2.35. The molecule has 1 saturated heterocycles. The molecule has 1 fully saturated rings. The first-order valence-corrected chi connectivity index (χ1v) is 13.8. The number of anilines is 2. The Kier molecular flexibility index (Phi) is 8.57. The fourth-order valence-corrected chi connectivity index (χ4v) is 5.42. The molecule has 4 aromatic rings. The molecule has 0 bridgehead atoms. The Morgan fingerprint density at radius 2 is 1.55 bits per heavy atom. The van der Waals surface area contributed by atoms with Crippen molar-refractivity contribution in [2.45, 2.75) is 25.4 Å². The number of rotatable bonds is 9. The molecular formula is C34H35N3O3. The molecule has 1 heterocycles. The highest BCUT2D eigenvalue weighted by Crippen LogP contribution is 2.30. The summed E-state index contributed by atoms with van der Waals surface area (Å²) < 4.78 is 5.43. The predicted octanol–water partition coefficient (Wildman–Crippen LogP) is 6.42. The molecule has 1 N–H and O–H groups in total. The number of carbonyl (C=O) groups excluding carboxylic acids is 2. The van der Waals surface area contributed by atoms with Gasteiger partial charge in [0, 0.05) is 36.1 Å². The fraction of sp³-hybridized carbons (Fsp3) is 0.235. The average molecular weight is 534 g/mol. The molecule has 0 aliphatic carbocycles. The van der Waals surface area contributed by atoms with E-state index in [1.807, 2.05) is 123 Å². The smallest absolute Gasteiger partial charge is 0.327 e. The maximum absolute atomic E-state index is 13.2. The van der Waals surface area contributed by atoms with Crippen LogP contribution in [0, 0.1) is 0 Å². The second-order valence-corrected chi connectivity index (χ2v) is 10.0. The van der Waals surface area contributed by atoms with Gasteiger partial charge in [-0.15, -0.1) is 0 Å². The average Bonchev–Trinajstić information content (AvgIpc) is 3.49. The van der Waals surface area contributed by atoms with Gasteiger partial charge in [-0.3, -0.25) is 9.69 Å². The number of nitrogens with one attached hydrogen (secondary N) is 1. The predicted molar refractivity (Wildman–Crippen MR) is 160 cm³/mol. The first-order valence-electron chi connectivity index (χ1n) is 13.8. The lowest BCUT2D eigenvalue weighted by Crippen LogP contribution is -2.41. The third-order valence-electron chi connectivity index (χ3n) is 7.52. The fourth-order valence-electron chi connectivity index (χ4n) is 5.42. The number of hydrogen-bond donors (Lipinski definition) is 1. The molecule has 40 heavy (non-hydrogen) atoms. The number of likely N-dealkylation sites (N-methyl/N-ethyl adjacent to an activating group) is 1. The van der Waals surface area contributed by atoms with Gasteiger partial charge in [0.1, 0.15) is 6.04 Å². The van der Waals surface area contributed by atoms with E-state index in [4.69, 9.17) is 4.74 Å². The number of benzene rings is 4. The summed E-state index contributed by atoms with van der Waals surface area (Å²) in [4.78, 5) is 30.6. The van der Waals surface area contributed by atoms with Crippen LogP contribution >= 0.6 is 0 Å². The van der Waals surface area contributed by atoms with Crippen molar-refractivity contribution < 1.29 is 14.3 Å². The number of hydrogen-bond acceptors (Lipinski definition) is 5. The minimum Gasteiger partial charge on any atom is -0.465 e. The van der Waals surface area contributed by atoms with E-state index in [1.54, 1.807) is 0 Å². The van der Waals surface area contributed by atoms with E-state index in [9.17, 15) is 9.59 Å². The van der Waals surface area contributed by atoms with Gasteiger partial charge in [0.05, 0.1) is 6.61 Å². The Labute approximate surface area is 236 Å². The lowest BCUT2D eigenvalue weighted by atomic mass is 9.99. The van der Waals surface area contributed by atoms with Crippen molar-refractivity contribution in [3.63, 3.8) is 0 Å². The number of esters is 1. The molecule has 0 radical (unpaired) electrons. The highest BCUT2D eigenvalue weighted by atomic mass is 16.5. The first-order chi connectivity index (χ1) is 19.5. The van der Waals surface area contributed by atoms with Crippen LogP contribution in [0.15, 0.2) is 109 Å². The van der Waals surface area contributed by atoms with E-state index in [0.29, 0.717) is 12.2 Å². The standard InChI is InChI=1S/C34H35N3O3/c1-3-40-34(39)32(26-14-8-5-9-15-26)36(2)29-22-23-37(24-29)28-20-18-27(19-21-28)35-33(38)31-17-11-10-16-30(31)25-12-6-4-7-13-25/h4-21,29,32H,3,22-24H2,1-2H3,(H,35,38). The monoisotopic (exact) mass is 533 g/mol. The summed E-state index contributed by atoms with van der Waals surface area (Å²) in [5.41, 5.74) is 5.33. The molecule has 4 aromatic carbocycles. The molecule has 1 amide bonds. The number of carbonyl (C=O) groups is 2. The molecule has 0 saturated carbocycles. The molecule has 2 unspecified atom stereocenters. The molecule has 5 rings (SSSR count). The van der Waals surface area contributed by atoms with Crippen molar-refractivity contribution in [2.24, 2.45) is 0 Å².